The summed E-state index contributed by atoms with van der Waals surface area (Å²) in [6.07, 6.45) is 0.948. The highest BCUT2D eigenvalue weighted by atomic mass is 15.5. The molecule has 0 saturated carbocycles. The maximum absolute atomic E-state index is 4.04. The standard InChI is InChI=1S/C10H20N4/c1-8(2)6-9-11-12-13-14(9)7-10(3,4)5/h8H,6-7H2,1-5H3. The average Bonchev–Trinajstić information content (AvgIpc) is 2.32. The van der Waals surface area contributed by atoms with Crippen LogP contribution >= 0.6 is 0 Å². The van der Waals surface area contributed by atoms with Crippen LogP contribution in [0.15, 0.2) is 0 Å². The Morgan fingerprint density at radius 3 is 2.43 bits per heavy atom. The zero-order valence-electron chi connectivity index (χ0n) is 9.78. The SMILES string of the molecule is CC(C)Cc1nnnn1CC(C)(C)C. The van der Waals surface area contributed by atoms with Crippen LogP contribution in [0.1, 0.15) is 40.4 Å². The molecule has 0 N–H and O–H groups in total. The smallest absolute Gasteiger partial charge is 0.151 e. The molecule has 0 aromatic carbocycles. The molecule has 0 saturated heterocycles. The molecule has 0 atom stereocenters. The molecule has 4 heteroatoms. The molecule has 0 radical (unpaired) electrons. The van der Waals surface area contributed by atoms with Crippen molar-refractivity contribution in [3.63, 3.8) is 0 Å². The van der Waals surface area contributed by atoms with E-state index in [0.717, 1.165) is 18.8 Å². The van der Waals surface area contributed by atoms with Crippen LogP contribution in [0, 0.1) is 11.3 Å². The molecule has 1 heterocycles. The molecule has 14 heavy (non-hydrogen) atoms. The van der Waals surface area contributed by atoms with Crippen LogP contribution < -0.4 is 0 Å². The minimum absolute atomic E-state index is 0.223. The van der Waals surface area contributed by atoms with Gasteiger partial charge in [0.25, 0.3) is 0 Å². The molecular weight excluding hydrogens is 176 g/mol. The summed E-state index contributed by atoms with van der Waals surface area (Å²) in [6.45, 7) is 11.8. The normalized spacial score (nSPS) is 12.4. The third-order valence-corrected chi connectivity index (χ3v) is 1.82. The fraction of sp³-hybridized carbons (Fsp3) is 0.900. The van der Waals surface area contributed by atoms with E-state index in [1.807, 2.05) is 4.68 Å². The zero-order chi connectivity index (χ0) is 10.8. The van der Waals surface area contributed by atoms with Crippen LogP contribution in [0.3, 0.4) is 0 Å². The topological polar surface area (TPSA) is 43.6 Å². The average molecular weight is 196 g/mol. The molecule has 0 aliphatic carbocycles. The van der Waals surface area contributed by atoms with E-state index < -0.39 is 0 Å². The third-order valence-electron chi connectivity index (χ3n) is 1.82. The van der Waals surface area contributed by atoms with Gasteiger partial charge in [-0.3, -0.25) is 0 Å². The van der Waals surface area contributed by atoms with E-state index in [2.05, 4.69) is 50.1 Å². The minimum atomic E-state index is 0.223. The Morgan fingerprint density at radius 2 is 1.93 bits per heavy atom. The number of nitrogens with zero attached hydrogens (tertiary/aromatic N) is 4. The van der Waals surface area contributed by atoms with E-state index in [9.17, 15) is 0 Å². The van der Waals surface area contributed by atoms with Gasteiger partial charge in [-0.25, -0.2) is 4.68 Å². The molecule has 1 aromatic heterocycles. The van der Waals surface area contributed by atoms with E-state index in [1.54, 1.807) is 0 Å². The molecule has 4 nitrogen and oxygen atoms in total. The quantitative estimate of drug-likeness (QED) is 0.741. The monoisotopic (exact) mass is 196 g/mol. The molecule has 0 aliphatic heterocycles. The Bertz CT molecular complexity index is 283. The molecule has 0 fully saturated rings. The fourth-order valence-corrected chi connectivity index (χ4v) is 1.31. The lowest BCUT2D eigenvalue weighted by Gasteiger charge is -2.18. The van der Waals surface area contributed by atoms with Crippen molar-refractivity contribution in [3.05, 3.63) is 5.82 Å². The number of rotatable bonds is 3. The number of aromatic nitrogens is 4. The lowest BCUT2D eigenvalue weighted by Crippen LogP contribution is -2.19. The van der Waals surface area contributed by atoms with Crippen LogP contribution in [-0.2, 0) is 13.0 Å². The zero-order valence-corrected chi connectivity index (χ0v) is 9.78. The van der Waals surface area contributed by atoms with Crippen molar-refractivity contribution >= 4 is 0 Å². The van der Waals surface area contributed by atoms with Crippen LogP contribution in [-0.4, -0.2) is 20.2 Å². The van der Waals surface area contributed by atoms with Crippen molar-refractivity contribution in [2.45, 2.75) is 47.6 Å². The van der Waals surface area contributed by atoms with Gasteiger partial charge in [0.05, 0.1) is 0 Å². The summed E-state index contributed by atoms with van der Waals surface area (Å²) >= 11 is 0. The third kappa shape index (κ3) is 3.44. The van der Waals surface area contributed by atoms with Crippen molar-refractivity contribution in [1.29, 1.82) is 0 Å². The van der Waals surface area contributed by atoms with E-state index in [1.165, 1.54) is 0 Å². The molecule has 0 unspecified atom stereocenters. The lowest BCUT2D eigenvalue weighted by molar-refractivity contribution is 0.313. The van der Waals surface area contributed by atoms with E-state index in [4.69, 9.17) is 0 Å². The maximum atomic E-state index is 4.04. The summed E-state index contributed by atoms with van der Waals surface area (Å²) in [4.78, 5) is 0. The van der Waals surface area contributed by atoms with Crippen LogP contribution in [0.25, 0.3) is 0 Å². The van der Waals surface area contributed by atoms with Crippen LogP contribution in [0.4, 0.5) is 0 Å². The van der Waals surface area contributed by atoms with Gasteiger partial charge in [0, 0.05) is 13.0 Å². The van der Waals surface area contributed by atoms with Crippen molar-refractivity contribution in [2.24, 2.45) is 11.3 Å². The first-order valence-electron chi connectivity index (χ1n) is 5.13. The van der Waals surface area contributed by atoms with Gasteiger partial charge in [-0.2, -0.15) is 0 Å². The number of hydrogen-bond acceptors (Lipinski definition) is 3. The van der Waals surface area contributed by atoms with Gasteiger partial charge >= 0.3 is 0 Å². The summed E-state index contributed by atoms with van der Waals surface area (Å²) in [5.74, 6) is 1.59. The molecule has 80 valence electrons. The molecule has 0 amide bonds. The van der Waals surface area contributed by atoms with Gasteiger partial charge in [-0.05, 0) is 21.8 Å². The minimum Gasteiger partial charge on any atom is -0.229 e. The Labute approximate surface area is 85.7 Å². The van der Waals surface area contributed by atoms with Crippen molar-refractivity contribution < 1.29 is 0 Å². The van der Waals surface area contributed by atoms with Gasteiger partial charge in [0.1, 0.15) is 0 Å². The molecule has 0 spiro atoms. The fourth-order valence-electron chi connectivity index (χ4n) is 1.31. The molecule has 1 aromatic rings. The second kappa shape index (κ2) is 4.07. The highest BCUT2D eigenvalue weighted by Crippen LogP contribution is 2.16. The van der Waals surface area contributed by atoms with Crippen molar-refractivity contribution in [3.8, 4) is 0 Å². The van der Waals surface area contributed by atoms with Gasteiger partial charge in [0.2, 0.25) is 0 Å². The Hall–Kier alpha value is -0.930. The highest BCUT2D eigenvalue weighted by Gasteiger charge is 2.15. The molecule has 1 rings (SSSR count). The largest absolute Gasteiger partial charge is 0.229 e. The Kier molecular flexibility index (Phi) is 3.24. The first-order chi connectivity index (χ1) is 6.38. The second-order valence-electron chi connectivity index (χ2n) is 5.41. The Balaban J connectivity index is 2.72. The number of hydrogen-bond donors (Lipinski definition) is 0. The summed E-state index contributed by atoms with van der Waals surface area (Å²) in [6, 6.07) is 0. The molecule has 0 bridgehead atoms. The van der Waals surface area contributed by atoms with Crippen molar-refractivity contribution in [2.75, 3.05) is 0 Å². The summed E-state index contributed by atoms with van der Waals surface area (Å²) in [5.41, 5.74) is 0.223. The van der Waals surface area contributed by atoms with Crippen LogP contribution in [0.2, 0.25) is 0 Å². The van der Waals surface area contributed by atoms with Gasteiger partial charge in [0.15, 0.2) is 5.82 Å². The highest BCUT2D eigenvalue weighted by molar-refractivity contribution is 4.83. The lowest BCUT2D eigenvalue weighted by atomic mass is 9.97. The van der Waals surface area contributed by atoms with Gasteiger partial charge in [-0.15, -0.1) is 5.10 Å². The van der Waals surface area contributed by atoms with Crippen molar-refractivity contribution in [1.82, 2.24) is 20.2 Å². The first kappa shape index (κ1) is 11.1. The van der Waals surface area contributed by atoms with E-state index >= 15 is 0 Å². The van der Waals surface area contributed by atoms with Gasteiger partial charge < -0.3 is 0 Å². The summed E-state index contributed by atoms with van der Waals surface area (Å²) in [5, 5.41) is 11.8. The Morgan fingerprint density at radius 1 is 1.29 bits per heavy atom. The molecular formula is C10H20N4. The second-order valence-corrected chi connectivity index (χ2v) is 5.41. The first-order valence-corrected chi connectivity index (χ1v) is 5.13. The summed E-state index contributed by atoms with van der Waals surface area (Å²) in [7, 11) is 0. The number of tetrazole rings is 1. The van der Waals surface area contributed by atoms with Gasteiger partial charge in [-0.1, -0.05) is 34.6 Å². The predicted molar refractivity (Wildman–Crippen MR) is 55.8 cm³/mol. The maximum Gasteiger partial charge on any atom is 0.151 e. The molecule has 0 aliphatic rings. The predicted octanol–water partition coefficient (Wildman–Crippen LogP) is 1.92. The van der Waals surface area contributed by atoms with E-state index in [-0.39, 0.29) is 5.41 Å². The van der Waals surface area contributed by atoms with Crippen LogP contribution in [0.5, 0.6) is 0 Å². The summed E-state index contributed by atoms with van der Waals surface area (Å²) < 4.78 is 1.92. The van der Waals surface area contributed by atoms with E-state index in [0.29, 0.717) is 5.92 Å².